The normalized spacial score (nSPS) is 23.5. The van der Waals surface area contributed by atoms with Crippen LogP contribution in [0.1, 0.15) is 36.2 Å². The molecule has 8 nitrogen and oxygen atoms in total. The molecule has 0 atom stereocenters. The zero-order valence-corrected chi connectivity index (χ0v) is 14.5. The minimum atomic E-state index is -1.11. The molecule has 0 bridgehead atoms. The van der Waals surface area contributed by atoms with E-state index in [1.807, 2.05) is 4.57 Å². The van der Waals surface area contributed by atoms with E-state index in [1.165, 1.54) is 0 Å². The summed E-state index contributed by atoms with van der Waals surface area (Å²) in [5.74, 6) is 0. The van der Waals surface area contributed by atoms with E-state index in [9.17, 15) is 9.59 Å². The molecule has 2 aromatic heterocycles. The van der Waals surface area contributed by atoms with Crippen molar-refractivity contribution in [3.63, 3.8) is 0 Å². The third-order valence-electron chi connectivity index (χ3n) is 4.90. The highest BCUT2D eigenvalue weighted by atomic mass is 35.5. The highest BCUT2D eigenvalue weighted by molar-refractivity contribution is 6.28. The summed E-state index contributed by atoms with van der Waals surface area (Å²) in [6, 6.07) is 1.70. The Balaban J connectivity index is 2.12. The fourth-order valence-electron chi connectivity index (χ4n) is 3.66. The molecule has 134 valence electrons. The smallest absolute Gasteiger partial charge is 0.404 e. The maximum Gasteiger partial charge on any atom is 0.404 e. The van der Waals surface area contributed by atoms with Crippen LogP contribution in [0.4, 0.5) is 4.79 Å². The van der Waals surface area contributed by atoms with Gasteiger partial charge in [-0.3, -0.25) is 4.79 Å². The molecule has 1 amide bonds. The van der Waals surface area contributed by atoms with E-state index in [2.05, 4.69) is 15.3 Å². The molecule has 2 heterocycles. The van der Waals surface area contributed by atoms with Crippen molar-refractivity contribution in [3.8, 4) is 0 Å². The zero-order valence-electron chi connectivity index (χ0n) is 13.7. The van der Waals surface area contributed by atoms with Gasteiger partial charge in [-0.25, -0.2) is 9.78 Å². The first-order valence-electron chi connectivity index (χ1n) is 7.98. The number of rotatable bonds is 5. The second kappa shape index (κ2) is 6.97. The number of nitrogens with zero attached hydrogens (tertiary/aromatic N) is 3. The Bertz CT molecular complexity index is 799. The molecule has 0 radical (unpaired) electrons. The van der Waals surface area contributed by atoms with Crippen molar-refractivity contribution in [2.45, 2.75) is 37.3 Å². The monoisotopic (exact) mass is 366 g/mol. The Morgan fingerprint density at radius 3 is 2.88 bits per heavy atom. The summed E-state index contributed by atoms with van der Waals surface area (Å²) in [7, 11) is 1.67. The molecule has 2 N–H and O–H groups in total. The average Bonchev–Trinajstić information content (AvgIpc) is 2.98. The van der Waals surface area contributed by atoms with E-state index >= 15 is 0 Å². The Labute approximate surface area is 149 Å². The Morgan fingerprint density at radius 1 is 1.56 bits per heavy atom. The van der Waals surface area contributed by atoms with Crippen LogP contribution in [-0.4, -0.2) is 51.8 Å². The number of halogens is 1. The number of hydrogen-bond acceptors (Lipinski definition) is 5. The second-order valence-electron chi connectivity index (χ2n) is 6.26. The van der Waals surface area contributed by atoms with Gasteiger partial charge >= 0.3 is 6.09 Å². The van der Waals surface area contributed by atoms with Crippen LogP contribution in [0.15, 0.2) is 12.3 Å². The lowest BCUT2D eigenvalue weighted by atomic mass is 9.79. The van der Waals surface area contributed by atoms with Crippen molar-refractivity contribution in [1.29, 1.82) is 0 Å². The van der Waals surface area contributed by atoms with Crippen molar-refractivity contribution in [1.82, 2.24) is 19.9 Å². The molecule has 0 saturated heterocycles. The maximum absolute atomic E-state index is 11.7. The van der Waals surface area contributed by atoms with Gasteiger partial charge in [0.05, 0.1) is 17.3 Å². The van der Waals surface area contributed by atoms with E-state index < -0.39 is 11.6 Å². The lowest BCUT2D eigenvalue weighted by Gasteiger charge is -2.41. The summed E-state index contributed by atoms with van der Waals surface area (Å²) in [6.07, 6.45) is 4.15. The first kappa shape index (κ1) is 17.6. The fraction of sp³-hybridized carbons (Fsp3) is 0.500. The number of methoxy groups -OCH3 is 1. The molecule has 9 heteroatoms. The van der Waals surface area contributed by atoms with Gasteiger partial charge in [0.15, 0.2) is 6.29 Å². The zero-order chi connectivity index (χ0) is 18.0. The Morgan fingerprint density at radius 2 is 2.28 bits per heavy atom. The van der Waals surface area contributed by atoms with Crippen LogP contribution >= 0.6 is 11.6 Å². The lowest BCUT2D eigenvalue weighted by Crippen LogP contribution is -2.48. The number of carbonyl (C=O) groups excluding carboxylic acids is 1. The second-order valence-corrected chi connectivity index (χ2v) is 6.60. The number of hydrogen-bond donors (Lipinski definition) is 2. The molecule has 3 rings (SSSR count). The molecule has 0 aromatic carbocycles. The number of aromatic nitrogens is 3. The van der Waals surface area contributed by atoms with Crippen molar-refractivity contribution < 1.29 is 19.4 Å². The van der Waals surface area contributed by atoms with Gasteiger partial charge in [0, 0.05) is 25.2 Å². The van der Waals surface area contributed by atoms with Gasteiger partial charge in [-0.05, 0) is 43.4 Å². The van der Waals surface area contributed by atoms with Crippen molar-refractivity contribution in [2.24, 2.45) is 0 Å². The quantitative estimate of drug-likeness (QED) is 0.621. The van der Waals surface area contributed by atoms with E-state index in [4.69, 9.17) is 21.4 Å². The summed E-state index contributed by atoms with van der Waals surface area (Å²) in [5.41, 5.74) is 0.350. The van der Waals surface area contributed by atoms with E-state index in [0.29, 0.717) is 29.6 Å². The molecular formula is C16H19ClN4O4. The Kier molecular flexibility index (Phi) is 4.91. The van der Waals surface area contributed by atoms with Gasteiger partial charge in [0.1, 0.15) is 5.65 Å². The molecule has 1 aliphatic rings. The summed E-state index contributed by atoms with van der Waals surface area (Å²) in [5, 5.41) is 12.3. The van der Waals surface area contributed by atoms with Crippen molar-refractivity contribution in [3.05, 3.63) is 23.2 Å². The molecule has 0 aliphatic heterocycles. The van der Waals surface area contributed by atoms with E-state index in [-0.39, 0.29) is 17.9 Å². The number of aldehydes is 1. The summed E-state index contributed by atoms with van der Waals surface area (Å²) >= 11 is 5.95. The van der Waals surface area contributed by atoms with E-state index in [1.54, 1.807) is 19.4 Å². The molecule has 0 unspecified atom stereocenters. The topological polar surface area (TPSA) is 106 Å². The number of carbonyl (C=O) groups is 2. The highest BCUT2D eigenvalue weighted by Crippen LogP contribution is 2.39. The number of fused-ring (bicyclic) bond motifs is 1. The molecule has 1 fully saturated rings. The summed E-state index contributed by atoms with van der Waals surface area (Å²) in [6.45, 7) is 0.172. The number of nitrogens with one attached hydrogen (secondary N) is 1. The maximum atomic E-state index is 11.7. The van der Waals surface area contributed by atoms with Gasteiger partial charge in [-0.2, -0.15) is 4.98 Å². The first-order valence-corrected chi connectivity index (χ1v) is 8.36. The van der Waals surface area contributed by atoms with Crippen LogP contribution in [0, 0.1) is 0 Å². The minimum absolute atomic E-state index is 0.0798. The number of ether oxygens (including phenoxy) is 1. The van der Waals surface area contributed by atoms with E-state index in [0.717, 1.165) is 19.1 Å². The molecule has 1 saturated carbocycles. The third kappa shape index (κ3) is 3.32. The van der Waals surface area contributed by atoms with Crippen LogP contribution in [0.3, 0.4) is 0 Å². The van der Waals surface area contributed by atoms with Crippen LogP contribution in [0.2, 0.25) is 5.28 Å². The third-order valence-corrected chi connectivity index (χ3v) is 5.08. The van der Waals surface area contributed by atoms with Gasteiger partial charge in [0.25, 0.3) is 0 Å². The predicted molar refractivity (Wildman–Crippen MR) is 91.2 cm³/mol. The first-order chi connectivity index (χ1) is 12.0. The molecule has 2 aromatic rings. The van der Waals surface area contributed by atoms with Gasteiger partial charge < -0.3 is 19.7 Å². The standard InChI is InChI=1S/C16H19ClN4O4/c1-25-12-2-4-16(5-3-12,9-19-15(23)24)21-11(8-22)6-10-7-18-14(17)20-13(10)21/h6-8,12,19H,2-5,9H2,1H3,(H,23,24). The molecular weight excluding hydrogens is 348 g/mol. The number of carboxylic acid groups (broad SMARTS) is 1. The molecule has 0 spiro atoms. The molecule has 25 heavy (non-hydrogen) atoms. The van der Waals surface area contributed by atoms with Crippen LogP contribution in [-0.2, 0) is 10.3 Å². The predicted octanol–water partition coefficient (Wildman–Crippen LogP) is 2.45. The molecule has 1 aliphatic carbocycles. The summed E-state index contributed by atoms with van der Waals surface area (Å²) < 4.78 is 7.24. The van der Waals surface area contributed by atoms with Crippen LogP contribution in [0.25, 0.3) is 11.0 Å². The fourth-order valence-corrected chi connectivity index (χ4v) is 3.79. The van der Waals surface area contributed by atoms with Crippen LogP contribution < -0.4 is 5.32 Å². The lowest BCUT2D eigenvalue weighted by molar-refractivity contribution is 0.0311. The van der Waals surface area contributed by atoms with Crippen LogP contribution in [0.5, 0.6) is 0 Å². The number of amides is 1. The van der Waals surface area contributed by atoms with Crippen molar-refractivity contribution in [2.75, 3.05) is 13.7 Å². The van der Waals surface area contributed by atoms with Gasteiger partial charge in [-0.15, -0.1) is 0 Å². The van der Waals surface area contributed by atoms with Gasteiger partial charge in [0.2, 0.25) is 5.28 Å². The minimum Gasteiger partial charge on any atom is -0.465 e. The average molecular weight is 367 g/mol. The summed E-state index contributed by atoms with van der Waals surface area (Å²) in [4.78, 5) is 31.0. The van der Waals surface area contributed by atoms with Crippen molar-refractivity contribution >= 4 is 35.0 Å². The largest absolute Gasteiger partial charge is 0.465 e. The van der Waals surface area contributed by atoms with Gasteiger partial charge in [-0.1, -0.05) is 0 Å². The SMILES string of the molecule is COC1CCC(CNC(=O)O)(n2c(C=O)cc3cnc(Cl)nc32)CC1. The Hall–Kier alpha value is -2.19. The highest BCUT2D eigenvalue weighted by Gasteiger charge is 2.40.